The first-order valence-electron chi connectivity index (χ1n) is 5.12. The van der Waals surface area contributed by atoms with Crippen LogP contribution in [0.2, 0.25) is 0 Å². The van der Waals surface area contributed by atoms with E-state index in [1.807, 2.05) is 18.2 Å². The number of carbonyl (C=O) groups excluding carboxylic acids is 1. The van der Waals surface area contributed by atoms with Crippen molar-refractivity contribution in [3.05, 3.63) is 36.0 Å². The lowest BCUT2D eigenvalue weighted by molar-refractivity contribution is 0.0516. The number of rotatable bonds is 4. The second-order valence-electron chi connectivity index (χ2n) is 3.13. The number of nitrogens with zero attached hydrogens (tertiary/aromatic N) is 2. The van der Waals surface area contributed by atoms with Crippen molar-refractivity contribution in [2.75, 3.05) is 6.61 Å². The van der Waals surface area contributed by atoms with Crippen LogP contribution in [0.5, 0.6) is 11.6 Å². The number of carbonyl (C=O) groups is 1. The van der Waals surface area contributed by atoms with Crippen molar-refractivity contribution in [1.29, 1.82) is 0 Å². The van der Waals surface area contributed by atoms with Crippen LogP contribution in [-0.2, 0) is 4.74 Å². The van der Waals surface area contributed by atoms with Gasteiger partial charge in [0.05, 0.1) is 6.61 Å². The van der Waals surface area contributed by atoms with Gasteiger partial charge in [0.2, 0.25) is 5.69 Å². The molecule has 0 unspecified atom stereocenters. The van der Waals surface area contributed by atoms with E-state index in [0.717, 1.165) is 0 Å². The predicted molar refractivity (Wildman–Crippen MR) is 58.9 cm³/mol. The Kier molecular flexibility index (Phi) is 3.34. The summed E-state index contributed by atoms with van der Waals surface area (Å²) in [6.07, 6.45) is 0. The largest absolute Gasteiger partial charge is 0.461 e. The van der Waals surface area contributed by atoms with E-state index < -0.39 is 5.97 Å². The van der Waals surface area contributed by atoms with Gasteiger partial charge in [-0.15, -0.1) is 0 Å². The maximum atomic E-state index is 11.5. The molecule has 1 N–H and O–H groups in total. The van der Waals surface area contributed by atoms with E-state index in [2.05, 4.69) is 15.4 Å². The number of ether oxygens (including phenoxy) is 2. The monoisotopic (exact) mass is 233 g/mol. The maximum absolute atomic E-state index is 11.5. The molecule has 6 heteroatoms. The minimum Gasteiger partial charge on any atom is -0.461 e. The van der Waals surface area contributed by atoms with Crippen molar-refractivity contribution < 1.29 is 14.3 Å². The zero-order valence-corrected chi connectivity index (χ0v) is 9.21. The smallest absolute Gasteiger partial charge is 0.362 e. The fourth-order valence-corrected chi connectivity index (χ4v) is 1.23. The van der Waals surface area contributed by atoms with E-state index in [1.54, 1.807) is 19.1 Å². The van der Waals surface area contributed by atoms with Gasteiger partial charge in [-0.25, -0.2) is 9.89 Å². The Morgan fingerprint density at radius 1 is 1.35 bits per heavy atom. The summed E-state index contributed by atoms with van der Waals surface area (Å²) in [5, 5.41) is 9.66. The summed E-state index contributed by atoms with van der Waals surface area (Å²) in [7, 11) is 0. The van der Waals surface area contributed by atoms with Crippen LogP contribution in [-0.4, -0.2) is 28.0 Å². The second kappa shape index (κ2) is 5.11. The van der Waals surface area contributed by atoms with Gasteiger partial charge in [0.25, 0.3) is 5.88 Å². The number of hydrogen-bond donors (Lipinski definition) is 1. The Hall–Kier alpha value is -2.37. The number of aromatic nitrogens is 3. The number of aromatic amines is 1. The third kappa shape index (κ3) is 2.60. The first kappa shape index (κ1) is 11.1. The number of hydrogen-bond acceptors (Lipinski definition) is 5. The quantitative estimate of drug-likeness (QED) is 0.814. The first-order valence-corrected chi connectivity index (χ1v) is 5.12. The van der Waals surface area contributed by atoms with Crippen molar-refractivity contribution in [2.24, 2.45) is 0 Å². The Morgan fingerprint density at radius 2 is 2.12 bits per heavy atom. The summed E-state index contributed by atoms with van der Waals surface area (Å²) in [6.45, 7) is 2.00. The summed E-state index contributed by atoms with van der Waals surface area (Å²) < 4.78 is 10.2. The Labute approximate surface area is 97.6 Å². The Morgan fingerprint density at radius 3 is 2.82 bits per heavy atom. The van der Waals surface area contributed by atoms with E-state index in [4.69, 9.17) is 9.47 Å². The summed E-state index contributed by atoms with van der Waals surface area (Å²) in [5.74, 6) is 0.144. The molecule has 0 fully saturated rings. The third-order valence-electron chi connectivity index (χ3n) is 1.95. The van der Waals surface area contributed by atoms with Crippen molar-refractivity contribution in [2.45, 2.75) is 6.92 Å². The highest BCUT2D eigenvalue weighted by Crippen LogP contribution is 2.21. The standard InChI is InChI=1S/C11H11N3O3/c1-2-16-11(15)9-10(13-14-12-9)17-8-6-4-3-5-7-8/h3-7H,2H2,1H3,(H,12,13,14). The molecule has 0 aliphatic carbocycles. The van der Waals surface area contributed by atoms with Crippen LogP contribution in [0.1, 0.15) is 17.4 Å². The zero-order chi connectivity index (χ0) is 12.1. The topological polar surface area (TPSA) is 77.1 Å². The molecule has 17 heavy (non-hydrogen) atoms. The van der Waals surface area contributed by atoms with Crippen LogP contribution >= 0.6 is 0 Å². The molecule has 0 atom stereocenters. The van der Waals surface area contributed by atoms with Crippen LogP contribution in [0.3, 0.4) is 0 Å². The fraction of sp³-hybridized carbons (Fsp3) is 0.182. The van der Waals surface area contributed by atoms with Gasteiger partial charge in [0, 0.05) is 0 Å². The summed E-state index contributed by atoms with van der Waals surface area (Å²) in [4.78, 5) is 11.5. The molecular weight excluding hydrogens is 222 g/mol. The van der Waals surface area contributed by atoms with Crippen LogP contribution in [0, 0.1) is 0 Å². The molecule has 0 saturated heterocycles. The van der Waals surface area contributed by atoms with Crippen LogP contribution < -0.4 is 4.74 Å². The molecule has 1 aromatic carbocycles. The van der Waals surface area contributed by atoms with Crippen molar-refractivity contribution in [1.82, 2.24) is 15.4 Å². The first-order chi connectivity index (χ1) is 8.31. The van der Waals surface area contributed by atoms with Crippen molar-refractivity contribution in [3.63, 3.8) is 0 Å². The van der Waals surface area contributed by atoms with Gasteiger partial charge >= 0.3 is 5.97 Å². The van der Waals surface area contributed by atoms with Gasteiger partial charge in [0.15, 0.2) is 0 Å². The molecule has 0 amide bonds. The molecule has 0 aliphatic rings. The van der Waals surface area contributed by atoms with Gasteiger partial charge in [-0.3, -0.25) is 0 Å². The normalized spacial score (nSPS) is 9.94. The van der Waals surface area contributed by atoms with Crippen LogP contribution in [0.25, 0.3) is 0 Å². The fourth-order valence-electron chi connectivity index (χ4n) is 1.23. The van der Waals surface area contributed by atoms with Crippen molar-refractivity contribution >= 4 is 5.97 Å². The molecule has 1 heterocycles. The highest BCUT2D eigenvalue weighted by Gasteiger charge is 2.18. The summed E-state index contributed by atoms with van der Waals surface area (Å²) in [6, 6.07) is 9.01. The van der Waals surface area contributed by atoms with Gasteiger partial charge in [-0.05, 0) is 19.1 Å². The lowest BCUT2D eigenvalue weighted by atomic mass is 10.3. The lowest BCUT2D eigenvalue weighted by Crippen LogP contribution is -2.06. The average Bonchev–Trinajstić information content (AvgIpc) is 2.79. The number of esters is 1. The second-order valence-corrected chi connectivity index (χ2v) is 3.13. The zero-order valence-electron chi connectivity index (χ0n) is 9.21. The van der Waals surface area contributed by atoms with E-state index in [-0.39, 0.29) is 18.2 Å². The number of para-hydroxylation sites is 1. The molecule has 2 aromatic rings. The lowest BCUT2D eigenvalue weighted by Gasteiger charge is -2.03. The Balaban J connectivity index is 2.17. The van der Waals surface area contributed by atoms with E-state index in [0.29, 0.717) is 5.75 Å². The van der Waals surface area contributed by atoms with E-state index in [1.165, 1.54) is 0 Å². The molecule has 6 nitrogen and oxygen atoms in total. The van der Waals surface area contributed by atoms with E-state index >= 15 is 0 Å². The molecule has 2 rings (SSSR count). The molecule has 0 bridgehead atoms. The summed E-state index contributed by atoms with van der Waals surface area (Å²) >= 11 is 0. The Bertz CT molecular complexity index is 496. The highest BCUT2D eigenvalue weighted by molar-refractivity contribution is 5.89. The van der Waals surface area contributed by atoms with Gasteiger partial charge in [-0.2, -0.15) is 0 Å². The van der Waals surface area contributed by atoms with Crippen LogP contribution in [0.15, 0.2) is 30.3 Å². The number of benzene rings is 1. The molecule has 1 aromatic heterocycles. The maximum Gasteiger partial charge on any atom is 0.362 e. The minimum atomic E-state index is -0.538. The minimum absolute atomic E-state index is 0.106. The molecular formula is C11H11N3O3. The van der Waals surface area contributed by atoms with Gasteiger partial charge in [0.1, 0.15) is 5.75 Å². The molecule has 0 radical (unpaired) electrons. The predicted octanol–water partition coefficient (Wildman–Crippen LogP) is 1.77. The van der Waals surface area contributed by atoms with Crippen LogP contribution in [0.4, 0.5) is 0 Å². The van der Waals surface area contributed by atoms with Gasteiger partial charge < -0.3 is 9.47 Å². The van der Waals surface area contributed by atoms with Gasteiger partial charge in [-0.1, -0.05) is 28.5 Å². The van der Waals surface area contributed by atoms with E-state index in [9.17, 15) is 4.79 Å². The molecule has 88 valence electrons. The summed E-state index contributed by atoms with van der Waals surface area (Å²) in [5.41, 5.74) is 0.107. The molecule has 0 aliphatic heterocycles. The average molecular weight is 233 g/mol. The third-order valence-corrected chi connectivity index (χ3v) is 1.95. The molecule has 0 saturated carbocycles. The van der Waals surface area contributed by atoms with Crippen molar-refractivity contribution in [3.8, 4) is 11.6 Å². The highest BCUT2D eigenvalue weighted by atomic mass is 16.5. The number of H-pyrrole nitrogens is 1. The SMILES string of the molecule is CCOC(=O)c1[nH]nnc1Oc1ccccc1. The molecule has 0 spiro atoms. The number of nitrogens with one attached hydrogen (secondary N) is 1.